The van der Waals surface area contributed by atoms with Crippen molar-refractivity contribution in [2.45, 2.75) is 26.0 Å². The molecule has 7 heteroatoms. The average molecular weight is 242 g/mol. The Morgan fingerprint density at radius 3 is 2.69 bits per heavy atom. The molecule has 6 nitrogen and oxygen atoms in total. The zero-order valence-corrected chi connectivity index (χ0v) is 10.2. The maximum atomic E-state index is 11.7. The van der Waals surface area contributed by atoms with Crippen molar-refractivity contribution in [2.75, 3.05) is 18.5 Å². The van der Waals surface area contributed by atoms with Gasteiger partial charge in [0.1, 0.15) is 5.82 Å². The number of urea groups is 1. The lowest BCUT2D eigenvalue weighted by atomic mass is 10.2. The van der Waals surface area contributed by atoms with Gasteiger partial charge in [-0.25, -0.2) is 14.7 Å². The summed E-state index contributed by atoms with van der Waals surface area (Å²) in [4.78, 5) is 18.7. The lowest BCUT2D eigenvalue weighted by molar-refractivity contribution is 0.183. The van der Waals surface area contributed by atoms with Gasteiger partial charge >= 0.3 is 6.03 Å². The van der Waals surface area contributed by atoms with E-state index in [1.165, 1.54) is 9.80 Å². The van der Waals surface area contributed by atoms with E-state index >= 15 is 0 Å². The van der Waals surface area contributed by atoms with Crippen LogP contribution >= 0.6 is 11.5 Å². The topological polar surface area (TPSA) is 69.6 Å². The Hall–Kier alpha value is -1.21. The van der Waals surface area contributed by atoms with Gasteiger partial charge < -0.3 is 10.0 Å². The predicted octanol–water partition coefficient (Wildman–Crippen LogP) is 0.852. The first-order chi connectivity index (χ1) is 7.50. The highest BCUT2D eigenvalue weighted by atomic mass is 32.1. The highest BCUT2D eigenvalue weighted by Gasteiger charge is 2.37. The van der Waals surface area contributed by atoms with Crippen LogP contribution in [0.5, 0.6) is 0 Å². The van der Waals surface area contributed by atoms with Crippen LogP contribution in [0.3, 0.4) is 0 Å². The largest absolute Gasteiger partial charge is 0.371 e. The van der Waals surface area contributed by atoms with E-state index in [1.54, 1.807) is 7.05 Å². The van der Waals surface area contributed by atoms with Crippen LogP contribution in [0.25, 0.3) is 0 Å². The summed E-state index contributed by atoms with van der Waals surface area (Å²) in [5, 5.41) is 10.2. The Morgan fingerprint density at radius 2 is 2.25 bits per heavy atom. The van der Waals surface area contributed by atoms with E-state index in [0.717, 1.165) is 11.5 Å². The van der Waals surface area contributed by atoms with Gasteiger partial charge in [-0.15, -0.1) is 0 Å². The van der Waals surface area contributed by atoms with Gasteiger partial charge in [-0.1, -0.05) is 13.8 Å². The molecule has 1 aromatic rings. The maximum absolute atomic E-state index is 11.7. The average Bonchev–Trinajstić information content (AvgIpc) is 2.74. The lowest BCUT2D eigenvalue weighted by Gasteiger charge is -2.14. The summed E-state index contributed by atoms with van der Waals surface area (Å²) in [6.07, 6.45) is -0.828. The minimum Gasteiger partial charge on any atom is -0.371 e. The molecule has 1 fully saturated rings. The first-order valence-corrected chi connectivity index (χ1v) is 5.84. The van der Waals surface area contributed by atoms with Crippen molar-refractivity contribution in [3.8, 4) is 0 Å². The van der Waals surface area contributed by atoms with Crippen molar-refractivity contribution in [3.05, 3.63) is 5.82 Å². The van der Waals surface area contributed by atoms with E-state index in [1.807, 2.05) is 13.8 Å². The number of nitrogens with zero attached hydrogens (tertiary/aromatic N) is 4. The molecule has 1 aromatic heterocycles. The van der Waals surface area contributed by atoms with E-state index in [-0.39, 0.29) is 11.9 Å². The van der Waals surface area contributed by atoms with Crippen molar-refractivity contribution in [1.82, 2.24) is 14.3 Å². The summed E-state index contributed by atoms with van der Waals surface area (Å²) in [6.45, 7) is 4.27. The van der Waals surface area contributed by atoms with Gasteiger partial charge in [0.2, 0.25) is 5.13 Å². The molecule has 2 heterocycles. The summed E-state index contributed by atoms with van der Waals surface area (Å²) in [5.74, 6) is 0.923. The van der Waals surface area contributed by atoms with Gasteiger partial charge in [-0.2, -0.15) is 4.37 Å². The number of hydrogen-bond donors (Lipinski definition) is 1. The van der Waals surface area contributed by atoms with Crippen LogP contribution in [-0.4, -0.2) is 45.2 Å². The first kappa shape index (κ1) is 11.3. The molecule has 1 N–H and O–H groups in total. The van der Waals surface area contributed by atoms with Gasteiger partial charge in [-0.3, -0.25) is 0 Å². The van der Waals surface area contributed by atoms with Crippen molar-refractivity contribution in [1.29, 1.82) is 0 Å². The zero-order chi connectivity index (χ0) is 11.9. The number of aliphatic hydroxyl groups excluding tert-OH is 1. The van der Waals surface area contributed by atoms with Gasteiger partial charge in [0, 0.05) is 24.5 Å². The number of anilines is 1. The standard InChI is InChI=1S/C9H14N4O2S/c1-5(2)7-10-8(16-11-7)13-6(14)4-12(3)9(13)15/h5-6,14H,4H2,1-3H3. The van der Waals surface area contributed by atoms with E-state index in [2.05, 4.69) is 9.36 Å². The van der Waals surface area contributed by atoms with Gasteiger partial charge in [-0.05, 0) is 0 Å². The third kappa shape index (κ3) is 1.76. The van der Waals surface area contributed by atoms with Crippen LogP contribution in [-0.2, 0) is 0 Å². The Kier molecular flexibility index (Phi) is 2.81. The van der Waals surface area contributed by atoms with Crippen LogP contribution in [0.1, 0.15) is 25.6 Å². The number of carbonyl (C=O) groups excluding carboxylic acids is 1. The number of rotatable bonds is 2. The van der Waals surface area contributed by atoms with E-state index < -0.39 is 6.23 Å². The predicted molar refractivity (Wildman–Crippen MR) is 60.5 cm³/mol. The Balaban J connectivity index is 2.26. The molecule has 0 aromatic carbocycles. The maximum Gasteiger partial charge on any atom is 0.328 e. The number of aromatic nitrogens is 2. The summed E-state index contributed by atoms with van der Waals surface area (Å²) in [5.41, 5.74) is 0. The van der Waals surface area contributed by atoms with Crippen LogP contribution in [0, 0.1) is 0 Å². The summed E-state index contributed by atoms with van der Waals surface area (Å²) < 4.78 is 4.16. The number of aliphatic hydroxyl groups is 1. The van der Waals surface area contributed by atoms with E-state index in [0.29, 0.717) is 17.5 Å². The van der Waals surface area contributed by atoms with E-state index in [9.17, 15) is 9.90 Å². The number of carbonyl (C=O) groups is 1. The van der Waals surface area contributed by atoms with E-state index in [4.69, 9.17) is 0 Å². The quantitative estimate of drug-likeness (QED) is 0.834. The Morgan fingerprint density at radius 1 is 1.56 bits per heavy atom. The molecular weight excluding hydrogens is 228 g/mol. The minimum atomic E-state index is -0.828. The fourth-order valence-electron chi connectivity index (χ4n) is 1.48. The van der Waals surface area contributed by atoms with Crippen molar-refractivity contribution in [3.63, 3.8) is 0 Å². The number of amides is 2. The monoisotopic (exact) mass is 242 g/mol. The molecule has 1 aliphatic rings. The van der Waals surface area contributed by atoms with Crippen molar-refractivity contribution in [2.24, 2.45) is 0 Å². The zero-order valence-electron chi connectivity index (χ0n) is 9.41. The molecule has 0 aliphatic carbocycles. The summed E-state index contributed by atoms with van der Waals surface area (Å²) in [6, 6.07) is -0.237. The highest BCUT2D eigenvalue weighted by molar-refractivity contribution is 7.09. The molecule has 1 aliphatic heterocycles. The number of β-amino-alcohol motifs (C(OH)–C–C–N with tert-alkyl or cyclic N) is 1. The molecule has 2 rings (SSSR count). The van der Waals surface area contributed by atoms with Crippen molar-refractivity contribution >= 4 is 22.7 Å². The first-order valence-electron chi connectivity index (χ1n) is 5.06. The molecule has 0 bridgehead atoms. The molecule has 88 valence electrons. The fourth-order valence-corrected chi connectivity index (χ4v) is 2.33. The molecule has 0 spiro atoms. The van der Waals surface area contributed by atoms with Crippen LogP contribution in [0.4, 0.5) is 9.93 Å². The lowest BCUT2D eigenvalue weighted by Crippen LogP contribution is -2.34. The Labute approximate surface area is 97.7 Å². The summed E-state index contributed by atoms with van der Waals surface area (Å²) >= 11 is 1.14. The smallest absolute Gasteiger partial charge is 0.328 e. The van der Waals surface area contributed by atoms with Crippen LogP contribution in [0.2, 0.25) is 0 Å². The fraction of sp³-hybridized carbons (Fsp3) is 0.667. The highest BCUT2D eigenvalue weighted by Crippen LogP contribution is 2.26. The third-order valence-corrected chi connectivity index (χ3v) is 3.15. The van der Waals surface area contributed by atoms with Crippen molar-refractivity contribution < 1.29 is 9.90 Å². The van der Waals surface area contributed by atoms with Crippen LogP contribution < -0.4 is 4.90 Å². The van der Waals surface area contributed by atoms with Gasteiger partial charge in [0.25, 0.3) is 0 Å². The molecule has 16 heavy (non-hydrogen) atoms. The third-order valence-electron chi connectivity index (χ3n) is 2.42. The number of likely N-dealkylation sites (N-methyl/N-ethyl adjacent to an activating group) is 1. The second-order valence-electron chi connectivity index (χ2n) is 4.10. The van der Waals surface area contributed by atoms with Gasteiger partial charge in [0.15, 0.2) is 6.23 Å². The molecule has 0 saturated carbocycles. The van der Waals surface area contributed by atoms with Crippen LogP contribution in [0.15, 0.2) is 0 Å². The van der Waals surface area contributed by atoms with Gasteiger partial charge in [0.05, 0.1) is 6.54 Å². The normalized spacial score (nSPS) is 21.3. The summed E-state index contributed by atoms with van der Waals surface area (Å²) in [7, 11) is 1.65. The second kappa shape index (κ2) is 3.99. The molecule has 1 unspecified atom stereocenters. The molecular formula is C9H14N4O2S. The Bertz CT molecular complexity index is 406. The SMILES string of the molecule is CC(C)c1nsc(N2C(=O)N(C)CC2O)n1. The molecule has 1 saturated heterocycles. The minimum absolute atomic E-state index is 0.220. The molecule has 1 atom stereocenters. The number of hydrogen-bond acceptors (Lipinski definition) is 5. The second-order valence-corrected chi connectivity index (χ2v) is 4.83. The molecule has 2 amide bonds. The molecule has 0 radical (unpaired) electrons.